The first kappa shape index (κ1) is 19.7. The van der Waals surface area contributed by atoms with E-state index in [-0.39, 0.29) is 24.3 Å². The molecule has 0 fully saturated rings. The van der Waals surface area contributed by atoms with E-state index < -0.39 is 28.8 Å². The zero-order valence-electron chi connectivity index (χ0n) is 15.9. The predicted octanol–water partition coefficient (Wildman–Crippen LogP) is 4.05. The first-order chi connectivity index (χ1) is 14.2. The summed E-state index contributed by atoms with van der Waals surface area (Å²) in [4.78, 5) is 15.4. The molecule has 0 saturated carbocycles. The van der Waals surface area contributed by atoms with E-state index >= 15 is 0 Å². The molecule has 1 aliphatic rings. The Hall–Kier alpha value is -3.56. The summed E-state index contributed by atoms with van der Waals surface area (Å²) >= 11 is 0. The smallest absolute Gasteiger partial charge is 0.310 e. The second-order valence-electron chi connectivity index (χ2n) is 6.91. The van der Waals surface area contributed by atoms with Gasteiger partial charge in [0.25, 0.3) is 0 Å². The average molecular weight is 420 g/mol. The third-order valence-electron chi connectivity index (χ3n) is 4.59. The number of benzene rings is 2. The van der Waals surface area contributed by atoms with Crippen molar-refractivity contribution in [3.8, 4) is 5.75 Å². The van der Waals surface area contributed by atoms with Crippen LogP contribution in [0.5, 0.6) is 5.75 Å². The maximum Gasteiger partial charge on any atom is 0.310 e. The zero-order chi connectivity index (χ0) is 21.6. The molecule has 0 saturated heterocycles. The third kappa shape index (κ3) is 3.68. The van der Waals surface area contributed by atoms with Crippen LogP contribution in [0.1, 0.15) is 18.1 Å². The van der Waals surface area contributed by atoms with Gasteiger partial charge in [-0.15, -0.1) is 0 Å². The quantitative estimate of drug-likeness (QED) is 0.492. The number of hydrogen-bond acceptors (Lipinski definition) is 5. The molecule has 2 aromatic carbocycles. The lowest BCUT2D eigenvalue weighted by Gasteiger charge is -2.16. The lowest BCUT2D eigenvalue weighted by atomic mass is 10.1. The van der Waals surface area contributed by atoms with Gasteiger partial charge in [0, 0.05) is 18.0 Å². The van der Waals surface area contributed by atoms with E-state index in [0.717, 1.165) is 34.1 Å². The van der Waals surface area contributed by atoms with Crippen molar-refractivity contribution >= 4 is 17.3 Å². The highest BCUT2D eigenvalue weighted by Gasteiger charge is 2.20. The number of nitrogens with one attached hydrogen (secondary N) is 2. The van der Waals surface area contributed by atoms with Crippen molar-refractivity contribution in [3.63, 3.8) is 0 Å². The fourth-order valence-electron chi connectivity index (χ4n) is 3.18. The number of nitrogens with zero attached hydrogens (tertiary/aromatic N) is 2. The number of hydrogen-bond donors (Lipinski definition) is 2. The molecule has 0 spiro atoms. The van der Waals surface area contributed by atoms with Gasteiger partial charge in [0.1, 0.15) is 5.75 Å². The molecule has 1 aromatic heterocycles. The summed E-state index contributed by atoms with van der Waals surface area (Å²) in [6.45, 7) is 3.38. The van der Waals surface area contributed by atoms with E-state index in [9.17, 15) is 22.4 Å². The monoisotopic (exact) mass is 420 g/mol. The van der Waals surface area contributed by atoms with Gasteiger partial charge in [-0.25, -0.2) is 13.2 Å². The van der Waals surface area contributed by atoms with E-state index in [1.54, 1.807) is 6.07 Å². The molecule has 1 aliphatic heterocycles. The van der Waals surface area contributed by atoms with E-state index in [1.165, 1.54) is 0 Å². The average Bonchev–Trinajstić information content (AvgIpc) is 3.02. The van der Waals surface area contributed by atoms with Gasteiger partial charge in [0.15, 0.2) is 23.7 Å². The van der Waals surface area contributed by atoms with Crippen LogP contribution in [0.4, 0.5) is 34.9 Å². The first-order valence-electron chi connectivity index (χ1n) is 8.96. The predicted molar refractivity (Wildman–Crippen MR) is 102 cm³/mol. The van der Waals surface area contributed by atoms with Crippen molar-refractivity contribution in [1.29, 1.82) is 0 Å². The van der Waals surface area contributed by atoms with Crippen molar-refractivity contribution in [3.05, 3.63) is 75.2 Å². The topological polar surface area (TPSA) is 68.2 Å². The number of fused-ring (bicyclic) bond motifs is 1. The third-order valence-corrected chi connectivity index (χ3v) is 4.59. The molecule has 1 atom stereocenters. The fourth-order valence-corrected chi connectivity index (χ4v) is 3.18. The molecule has 1 unspecified atom stereocenters. The van der Waals surface area contributed by atoms with Crippen molar-refractivity contribution in [2.75, 3.05) is 10.6 Å². The van der Waals surface area contributed by atoms with Crippen molar-refractivity contribution in [1.82, 2.24) is 9.55 Å². The summed E-state index contributed by atoms with van der Waals surface area (Å²) in [5.74, 6) is -4.97. The Morgan fingerprint density at radius 1 is 1.13 bits per heavy atom. The van der Waals surface area contributed by atoms with Crippen LogP contribution in [0.2, 0.25) is 0 Å². The van der Waals surface area contributed by atoms with Crippen LogP contribution >= 0.6 is 0 Å². The van der Waals surface area contributed by atoms with Crippen LogP contribution in [0.3, 0.4) is 0 Å². The molecule has 30 heavy (non-hydrogen) atoms. The Balaban J connectivity index is 1.72. The van der Waals surface area contributed by atoms with E-state index in [1.807, 2.05) is 19.9 Å². The van der Waals surface area contributed by atoms with Crippen LogP contribution in [-0.4, -0.2) is 15.8 Å². The Labute approximate surface area is 168 Å². The number of anilines is 3. The molecule has 2 N–H and O–H groups in total. The van der Waals surface area contributed by atoms with Gasteiger partial charge < -0.3 is 19.9 Å². The van der Waals surface area contributed by atoms with Crippen LogP contribution < -0.4 is 20.9 Å². The zero-order valence-corrected chi connectivity index (χ0v) is 15.9. The van der Waals surface area contributed by atoms with Crippen molar-refractivity contribution in [2.45, 2.75) is 26.6 Å². The molecule has 10 heteroatoms. The maximum absolute atomic E-state index is 13.9. The highest BCUT2D eigenvalue weighted by atomic mass is 19.2. The second-order valence-corrected chi connectivity index (χ2v) is 6.91. The van der Waals surface area contributed by atoms with Crippen LogP contribution in [0, 0.1) is 30.2 Å². The second kappa shape index (κ2) is 7.36. The van der Waals surface area contributed by atoms with Crippen molar-refractivity contribution in [2.24, 2.45) is 0 Å². The minimum Gasteiger partial charge on any atom is -0.469 e. The van der Waals surface area contributed by atoms with E-state index in [2.05, 4.69) is 15.6 Å². The summed E-state index contributed by atoms with van der Waals surface area (Å²) in [6, 6.07) is 5.11. The number of rotatable bonds is 4. The van der Waals surface area contributed by atoms with Crippen molar-refractivity contribution < 1.29 is 22.3 Å². The number of aryl methyl sites for hydroxylation is 1. The number of aromatic nitrogens is 2. The highest BCUT2D eigenvalue weighted by Crippen LogP contribution is 2.37. The SMILES string of the molecule is Cc1cc2c(cc1Nc1nc(=O)c(F)cn1Cc1cc(F)c(F)c(F)c1)OC(C)N2. The molecule has 3 aromatic rings. The highest BCUT2D eigenvalue weighted by molar-refractivity contribution is 5.71. The molecule has 2 heterocycles. The molecule has 0 radical (unpaired) electrons. The van der Waals surface area contributed by atoms with E-state index in [0.29, 0.717) is 11.4 Å². The molecule has 0 aliphatic carbocycles. The van der Waals surface area contributed by atoms with Gasteiger partial charge in [-0.2, -0.15) is 9.37 Å². The van der Waals surface area contributed by atoms with Gasteiger partial charge in [-0.1, -0.05) is 0 Å². The molecule has 0 amide bonds. The summed E-state index contributed by atoms with van der Waals surface area (Å²) in [5, 5.41) is 6.06. The summed E-state index contributed by atoms with van der Waals surface area (Å²) in [6.07, 6.45) is 0.652. The Morgan fingerprint density at radius 2 is 1.83 bits per heavy atom. The standard InChI is InChI=1S/C20H16F4N4O2/c1-9-3-16-17(30-10(2)25-16)6-15(9)26-20-27-19(29)14(23)8-28(20)7-11-4-12(21)18(24)13(22)5-11/h3-6,8,10,25H,7H2,1-2H3,(H,26,27,29). The fraction of sp³-hybridized carbons (Fsp3) is 0.200. The molecule has 156 valence electrons. The lowest BCUT2D eigenvalue weighted by Crippen LogP contribution is -2.20. The summed E-state index contributed by atoms with van der Waals surface area (Å²) in [7, 11) is 0. The number of halogens is 4. The van der Waals surface area contributed by atoms with Crippen LogP contribution in [0.15, 0.2) is 35.3 Å². The lowest BCUT2D eigenvalue weighted by molar-refractivity contribution is 0.275. The van der Waals surface area contributed by atoms with Gasteiger partial charge in [-0.3, -0.25) is 4.79 Å². The molecular weight excluding hydrogens is 404 g/mol. The van der Waals surface area contributed by atoms with Gasteiger partial charge in [-0.05, 0) is 43.2 Å². The summed E-state index contributed by atoms with van der Waals surface area (Å²) in [5.41, 5.74) is 1.03. The normalized spacial score (nSPS) is 14.8. The first-order valence-corrected chi connectivity index (χ1v) is 8.96. The Kier molecular flexibility index (Phi) is 4.84. The van der Waals surface area contributed by atoms with Gasteiger partial charge in [0.05, 0.1) is 12.2 Å². The van der Waals surface area contributed by atoms with Gasteiger partial charge >= 0.3 is 5.56 Å². The minimum absolute atomic E-state index is 0.0198. The van der Waals surface area contributed by atoms with Crippen LogP contribution in [-0.2, 0) is 6.54 Å². The molecule has 6 nitrogen and oxygen atoms in total. The largest absolute Gasteiger partial charge is 0.469 e. The molecule has 0 bridgehead atoms. The Bertz CT molecular complexity index is 1190. The summed E-state index contributed by atoms with van der Waals surface area (Å²) < 4.78 is 61.0. The van der Waals surface area contributed by atoms with Crippen LogP contribution in [0.25, 0.3) is 0 Å². The van der Waals surface area contributed by atoms with Gasteiger partial charge in [0.2, 0.25) is 11.8 Å². The Morgan fingerprint density at radius 3 is 2.53 bits per heavy atom. The van der Waals surface area contributed by atoms with E-state index in [4.69, 9.17) is 4.74 Å². The number of ether oxygens (including phenoxy) is 1. The maximum atomic E-state index is 13.9. The molecular formula is C20H16F4N4O2. The molecule has 4 rings (SSSR count). The minimum atomic E-state index is -1.60.